The van der Waals surface area contributed by atoms with Crippen LogP contribution in [-0.2, 0) is 23.1 Å². The molecule has 42 heavy (non-hydrogen) atoms. The molecule has 2 aromatic rings. The fraction of sp³-hybridized carbons (Fsp3) is 0.606. The Morgan fingerprint density at radius 3 is 2.55 bits per heavy atom. The van der Waals surface area contributed by atoms with E-state index < -0.39 is 21.2 Å². The van der Waals surface area contributed by atoms with Gasteiger partial charge in [-0.2, -0.15) is 0 Å². The topological polar surface area (TPSA) is 95.9 Å². The summed E-state index contributed by atoms with van der Waals surface area (Å²) < 4.78 is 35.9. The lowest BCUT2D eigenvalue weighted by molar-refractivity contribution is 0.00857. The maximum Gasteiger partial charge on any atom is 0.264 e. The molecule has 0 saturated heterocycles. The second-order valence-electron chi connectivity index (χ2n) is 12.8. The Morgan fingerprint density at radius 2 is 1.71 bits per heavy atom. The Hall–Kier alpha value is -2.29. The third-order valence-electron chi connectivity index (χ3n) is 10.2. The summed E-state index contributed by atoms with van der Waals surface area (Å²) in [4.78, 5) is 15.8. The minimum Gasteiger partial charge on any atom is -0.487 e. The van der Waals surface area contributed by atoms with Crippen molar-refractivity contribution in [3.63, 3.8) is 0 Å². The molecule has 7 nitrogen and oxygen atoms in total. The van der Waals surface area contributed by atoms with Crippen molar-refractivity contribution in [2.75, 3.05) is 18.0 Å². The number of nitrogens with zero attached hydrogens (tertiary/aromatic N) is 1. The number of hydrogen-bond donors (Lipinski definition) is 2. The van der Waals surface area contributed by atoms with Crippen LogP contribution in [0, 0.1) is 17.8 Å². The lowest BCUT2D eigenvalue weighted by Crippen LogP contribution is -2.45. The Kier molecular flexibility index (Phi) is 9.04. The monoisotopic (exact) mass is 614 g/mol. The van der Waals surface area contributed by atoms with Crippen LogP contribution >= 0.6 is 11.6 Å². The van der Waals surface area contributed by atoms with E-state index in [0.29, 0.717) is 41.7 Å². The average molecular weight is 615 g/mol. The van der Waals surface area contributed by atoms with E-state index in [0.717, 1.165) is 88.5 Å². The number of carbonyl (C=O) groups is 1. The van der Waals surface area contributed by atoms with E-state index in [9.17, 15) is 18.3 Å². The molecule has 2 aliphatic carbocycles. The van der Waals surface area contributed by atoms with Crippen LogP contribution in [0.2, 0.25) is 5.02 Å². The number of rotatable bonds is 0. The van der Waals surface area contributed by atoms with E-state index in [1.54, 1.807) is 18.2 Å². The predicted octanol–water partition coefficient (Wildman–Crippen LogP) is 6.25. The summed E-state index contributed by atoms with van der Waals surface area (Å²) in [5.74, 6) is 0.698. The number of aliphatic hydroxyl groups is 1. The van der Waals surface area contributed by atoms with Gasteiger partial charge in [0.1, 0.15) is 12.4 Å². The van der Waals surface area contributed by atoms with Crippen molar-refractivity contribution < 1.29 is 23.1 Å². The molecule has 2 saturated carbocycles. The summed E-state index contributed by atoms with van der Waals surface area (Å²) in [5.41, 5.74) is 3.40. The summed E-state index contributed by atoms with van der Waals surface area (Å²) in [5, 5.41) is 11.4. The van der Waals surface area contributed by atoms with Crippen LogP contribution in [0.15, 0.2) is 36.4 Å². The molecule has 2 N–H and O–H groups in total. The number of aliphatic hydroxyl groups excluding tert-OH is 1. The number of fused-ring (bicyclic) bond motifs is 4. The Bertz CT molecular complexity index is 1400. The zero-order valence-corrected chi connectivity index (χ0v) is 25.8. The van der Waals surface area contributed by atoms with Gasteiger partial charge < -0.3 is 14.7 Å². The van der Waals surface area contributed by atoms with Crippen molar-refractivity contribution in [2.24, 2.45) is 17.8 Å². The minimum atomic E-state index is -3.85. The van der Waals surface area contributed by atoms with Crippen molar-refractivity contribution in [1.29, 1.82) is 0 Å². The van der Waals surface area contributed by atoms with Gasteiger partial charge in [0.2, 0.25) is 10.0 Å². The normalized spacial score (nSPS) is 30.2. The molecule has 2 fully saturated rings. The van der Waals surface area contributed by atoms with Crippen LogP contribution in [0.25, 0.3) is 0 Å². The molecular weight excluding hydrogens is 572 g/mol. The molecule has 9 heteroatoms. The SMILES string of the molecule is O=C1NS(=O)(=O)[C@H]2CCCC[C@@H]2CCC[C@H](O)[C@@H]2CC[C@H]2CN2CCCCc3cc(Cl)ccc3COc3ccc1cc32. The number of amides is 1. The van der Waals surface area contributed by atoms with E-state index in [4.69, 9.17) is 16.3 Å². The number of sulfonamides is 1. The number of carbonyl (C=O) groups excluding carboxylic acids is 1. The van der Waals surface area contributed by atoms with Crippen LogP contribution in [0.1, 0.15) is 92.1 Å². The lowest BCUT2D eigenvalue weighted by atomic mass is 9.69. The second kappa shape index (κ2) is 12.7. The Morgan fingerprint density at radius 1 is 0.881 bits per heavy atom. The highest BCUT2D eigenvalue weighted by molar-refractivity contribution is 7.90. The maximum absolute atomic E-state index is 13.5. The number of benzene rings is 2. The Balaban J connectivity index is 1.36. The quantitative estimate of drug-likeness (QED) is 0.364. The van der Waals surface area contributed by atoms with Gasteiger partial charge in [-0.15, -0.1) is 0 Å². The third-order valence-corrected chi connectivity index (χ3v) is 12.3. The first-order valence-corrected chi connectivity index (χ1v) is 17.7. The van der Waals surface area contributed by atoms with Crippen molar-refractivity contribution >= 4 is 33.2 Å². The van der Waals surface area contributed by atoms with Crippen molar-refractivity contribution in [3.05, 3.63) is 58.1 Å². The number of anilines is 1. The summed E-state index contributed by atoms with van der Waals surface area (Å²) in [6.45, 7) is 1.92. The molecule has 6 rings (SSSR count). The first-order valence-electron chi connectivity index (χ1n) is 15.8. The molecule has 5 atom stereocenters. The smallest absolute Gasteiger partial charge is 0.264 e. The summed E-state index contributed by atoms with van der Waals surface area (Å²) in [7, 11) is -3.85. The highest BCUT2D eigenvalue weighted by atomic mass is 35.5. The largest absolute Gasteiger partial charge is 0.487 e. The number of ether oxygens (including phenoxy) is 1. The van der Waals surface area contributed by atoms with Crippen LogP contribution in [-0.4, -0.2) is 43.9 Å². The first kappa shape index (κ1) is 29.8. The van der Waals surface area contributed by atoms with Gasteiger partial charge in [-0.25, -0.2) is 13.1 Å². The molecule has 228 valence electrons. The number of halogens is 1. The molecule has 0 aromatic heterocycles. The molecule has 2 bridgehead atoms. The zero-order chi connectivity index (χ0) is 29.3. The van der Waals surface area contributed by atoms with Crippen molar-refractivity contribution in [3.8, 4) is 5.75 Å². The predicted molar refractivity (Wildman–Crippen MR) is 166 cm³/mol. The third kappa shape index (κ3) is 6.46. The highest BCUT2D eigenvalue weighted by Crippen LogP contribution is 2.42. The van der Waals surface area contributed by atoms with Gasteiger partial charge in [0.05, 0.1) is 17.0 Å². The summed E-state index contributed by atoms with van der Waals surface area (Å²) >= 11 is 6.32. The molecule has 4 aliphatic rings. The van der Waals surface area contributed by atoms with E-state index in [1.807, 2.05) is 18.2 Å². The van der Waals surface area contributed by atoms with Gasteiger partial charge in [0, 0.05) is 23.7 Å². The second-order valence-corrected chi connectivity index (χ2v) is 15.2. The van der Waals surface area contributed by atoms with Crippen molar-refractivity contribution in [1.82, 2.24) is 4.72 Å². The van der Waals surface area contributed by atoms with Crippen molar-refractivity contribution in [2.45, 2.75) is 95.0 Å². The van der Waals surface area contributed by atoms with E-state index in [1.165, 1.54) is 5.56 Å². The molecule has 0 unspecified atom stereocenters. The van der Waals surface area contributed by atoms with Crippen LogP contribution in [0.3, 0.4) is 0 Å². The minimum absolute atomic E-state index is 0.00964. The zero-order valence-electron chi connectivity index (χ0n) is 24.3. The standard InChI is InChI=1S/C33H43ClN2O5S/c34-27-14-11-26-21-41-31-16-13-24-19-29(31)36(17-4-3-7-23(26)18-27)20-25-12-15-28(25)30(37)9-5-8-22-6-1-2-10-32(22)42(39,40)35-33(24)38/h11,13-14,16,18-19,22,25,28,30,32,37H,1-10,12,15,17,20-21H2,(H,35,38)/t22-,25+,28-,30+,32+/m1/s1. The van der Waals surface area contributed by atoms with E-state index >= 15 is 0 Å². The average Bonchev–Trinajstić information content (AvgIpc) is 2.98. The lowest BCUT2D eigenvalue weighted by Gasteiger charge is -2.43. The van der Waals surface area contributed by atoms with E-state index in [-0.39, 0.29) is 17.9 Å². The highest BCUT2D eigenvalue weighted by Gasteiger charge is 2.39. The van der Waals surface area contributed by atoms with Crippen LogP contribution in [0.5, 0.6) is 5.75 Å². The van der Waals surface area contributed by atoms with E-state index in [2.05, 4.69) is 9.62 Å². The Labute approximate surface area is 255 Å². The number of nitrogens with one attached hydrogen (secondary N) is 1. The van der Waals surface area contributed by atoms with Gasteiger partial charge in [-0.1, -0.05) is 36.9 Å². The summed E-state index contributed by atoms with van der Waals surface area (Å²) in [6.07, 6.45) is 10.1. The molecule has 2 aliphatic heterocycles. The van der Waals surface area contributed by atoms with Gasteiger partial charge in [-0.05, 0) is 117 Å². The van der Waals surface area contributed by atoms with Crippen LogP contribution < -0.4 is 14.4 Å². The first-order chi connectivity index (χ1) is 20.3. The summed E-state index contributed by atoms with van der Waals surface area (Å²) in [6, 6.07) is 11.2. The number of hydrogen-bond acceptors (Lipinski definition) is 6. The molecule has 0 radical (unpaired) electrons. The molecule has 1 amide bonds. The fourth-order valence-electron chi connectivity index (χ4n) is 7.67. The molecule has 2 aromatic carbocycles. The maximum atomic E-state index is 13.5. The van der Waals surface area contributed by atoms with Gasteiger partial charge in [0.25, 0.3) is 5.91 Å². The van der Waals surface area contributed by atoms with Gasteiger partial charge in [-0.3, -0.25) is 4.79 Å². The molecular formula is C33H43ClN2O5S. The number of aryl methyl sites for hydroxylation is 1. The fourth-order valence-corrected chi connectivity index (χ4v) is 9.65. The molecule has 2 heterocycles. The van der Waals surface area contributed by atoms with Gasteiger partial charge in [0.15, 0.2) is 0 Å². The van der Waals surface area contributed by atoms with Crippen LogP contribution in [0.4, 0.5) is 5.69 Å². The molecule has 0 spiro atoms. The van der Waals surface area contributed by atoms with Gasteiger partial charge >= 0.3 is 0 Å².